The van der Waals surface area contributed by atoms with Gasteiger partial charge in [0.15, 0.2) is 5.78 Å². The minimum absolute atomic E-state index is 0.0201. The highest BCUT2D eigenvalue weighted by Crippen LogP contribution is 2.22. The molecule has 10 heteroatoms. The second kappa shape index (κ2) is 15.0. The number of pyridine rings is 1. The summed E-state index contributed by atoms with van der Waals surface area (Å²) in [7, 11) is 3.39. The number of hydrogen-bond acceptors (Lipinski definition) is 7. The first-order chi connectivity index (χ1) is 13.5. The number of Topliss-reactive ketones (excluding diaryl/α,β-unsaturated/α-hetero) is 2. The maximum atomic E-state index is 12.1. The van der Waals surface area contributed by atoms with Crippen LogP contribution in [0.15, 0.2) is 23.4 Å². The molecule has 1 N–H and O–H groups in total. The molecule has 0 aromatic carbocycles. The average Bonchev–Trinajstić information content (AvgIpc) is 2.68. The highest BCUT2D eigenvalue weighted by atomic mass is 33.1. The zero-order valence-electron chi connectivity index (χ0n) is 15.9. The van der Waals surface area contributed by atoms with E-state index in [4.69, 9.17) is 5.53 Å². The maximum absolute atomic E-state index is 12.1. The number of rotatable bonds is 15. The van der Waals surface area contributed by atoms with Crippen molar-refractivity contribution < 1.29 is 14.4 Å². The van der Waals surface area contributed by atoms with Gasteiger partial charge >= 0.3 is 0 Å². The molecule has 0 saturated carbocycles. The number of aromatic nitrogens is 1. The molecule has 0 unspecified atom stereocenters. The summed E-state index contributed by atoms with van der Waals surface area (Å²) in [4.78, 5) is 41.5. The van der Waals surface area contributed by atoms with Crippen LogP contribution < -0.4 is 5.32 Å². The summed E-state index contributed by atoms with van der Waals surface area (Å²) in [5, 5.41) is 6.15. The van der Waals surface area contributed by atoms with Crippen molar-refractivity contribution in [2.75, 3.05) is 18.1 Å². The topological polar surface area (TPSA) is 125 Å². The van der Waals surface area contributed by atoms with Gasteiger partial charge in [-0.1, -0.05) is 26.7 Å². The van der Waals surface area contributed by atoms with Gasteiger partial charge in [0, 0.05) is 66.6 Å². The molecule has 0 aliphatic rings. The molecule has 0 fully saturated rings. The normalized spacial score (nSPS) is 10.2. The van der Waals surface area contributed by atoms with Crippen LogP contribution in [-0.4, -0.2) is 40.5 Å². The van der Waals surface area contributed by atoms with Crippen LogP contribution in [0.2, 0.25) is 0 Å². The predicted molar refractivity (Wildman–Crippen MR) is 113 cm³/mol. The first-order valence-electron chi connectivity index (χ1n) is 9.02. The molecule has 0 spiro atoms. The van der Waals surface area contributed by atoms with Crippen molar-refractivity contribution in [2.45, 2.75) is 45.6 Å². The van der Waals surface area contributed by atoms with Crippen molar-refractivity contribution in [3.05, 3.63) is 40.0 Å². The molecular weight excluding hydrogens is 398 g/mol. The Morgan fingerprint density at radius 3 is 2.57 bits per heavy atom. The molecule has 1 rings (SSSR count). The fourth-order valence-corrected chi connectivity index (χ4v) is 4.21. The van der Waals surface area contributed by atoms with E-state index in [0.29, 0.717) is 43.5 Å². The molecule has 0 aliphatic heterocycles. The summed E-state index contributed by atoms with van der Waals surface area (Å²) in [5.74, 6) is 1.86. The number of amides is 1. The lowest BCUT2D eigenvalue weighted by atomic mass is 10.0. The number of carbonyl (C=O) groups is 3. The first-order valence-corrected chi connectivity index (χ1v) is 11.5. The van der Waals surface area contributed by atoms with Gasteiger partial charge in [0.05, 0.1) is 6.54 Å². The van der Waals surface area contributed by atoms with E-state index in [1.165, 1.54) is 13.1 Å². The number of azide groups is 1. The SMILES string of the molecule is CC(=O)NCCSSCCCC(=O)CCCC(=O)c1ccc(CN=[N+]=[N-])nc1. The largest absolute Gasteiger partial charge is 0.355 e. The second-order valence-corrected chi connectivity index (χ2v) is 8.68. The van der Waals surface area contributed by atoms with Crippen molar-refractivity contribution >= 4 is 39.1 Å². The number of nitrogens with one attached hydrogen (secondary N) is 1. The van der Waals surface area contributed by atoms with Crippen LogP contribution >= 0.6 is 21.6 Å². The summed E-state index contributed by atoms with van der Waals surface area (Å²) in [5.41, 5.74) is 9.39. The van der Waals surface area contributed by atoms with E-state index in [-0.39, 0.29) is 24.0 Å². The first kappa shape index (κ1) is 24.0. The molecule has 8 nitrogen and oxygen atoms in total. The Morgan fingerprint density at radius 1 is 1.14 bits per heavy atom. The van der Waals surface area contributed by atoms with Gasteiger partial charge in [-0.3, -0.25) is 19.4 Å². The van der Waals surface area contributed by atoms with Gasteiger partial charge in [-0.05, 0) is 30.5 Å². The molecule has 28 heavy (non-hydrogen) atoms. The fourth-order valence-electron chi connectivity index (χ4n) is 2.22. The molecule has 0 radical (unpaired) electrons. The molecule has 1 aromatic heterocycles. The van der Waals surface area contributed by atoms with Gasteiger partial charge in [0.2, 0.25) is 5.91 Å². The monoisotopic (exact) mass is 423 g/mol. The van der Waals surface area contributed by atoms with Gasteiger partial charge < -0.3 is 5.32 Å². The van der Waals surface area contributed by atoms with Gasteiger partial charge in [-0.2, -0.15) is 0 Å². The van der Waals surface area contributed by atoms with Crippen LogP contribution in [0, 0.1) is 0 Å². The molecule has 1 aromatic rings. The number of carbonyl (C=O) groups excluding carboxylic acids is 3. The van der Waals surface area contributed by atoms with Crippen molar-refractivity contribution in [3.63, 3.8) is 0 Å². The summed E-state index contributed by atoms with van der Waals surface area (Å²) in [6.07, 6.45) is 4.10. The standard InChI is InChI=1S/C18H25N5O3S2/c1-14(24)20-9-11-28-27-10-3-5-17(25)4-2-6-18(26)15-7-8-16(21-12-15)13-22-23-19/h7-8,12H,2-6,9-11,13H2,1H3,(H,20,24). The Balaban J connectivity index is 2.09. The molecular formula is C18H25N5O3S2. The lowest BCUT2D eigenvalue weighted by molar-refractivity contribution is -0.119. The minimum atomic E-state index is -0.0400. The minimum Gasteiger partial charge on any atom is -0.355 e. The molecule has 152 valence electrons. The number of nitrogens with zero attached hydrogens (tertiary/aromatic N) is 4. The molecule has 0 saturated heterocycles. The summed E-state index contributed by atoms with van der Waals surface area (Å²) < 4.78 is 0. The van der Waals surface area contributed by atoms with Gasteiger partial charge in [-0.15, -0.1) is 0 Å². The Labute approximate surface area is 172 Å². The Hall–Kier alpha value is -2.03. The van der Waals surface area contributed by atoms with E-state index in [9.17, 15) is 14.4 Å². The molecule has 1 heterocycles. The van der Waals surface area contributed by atoms with E-state index in [2.05, 4.69) is 20.3 Å². The van der Waals surface area contributed by atoms with E-state index in [1.54, 1.807) is 33.7 Å². The fraction of sp³-hybridized carbons (Fsp3) is 0.556. The Morgan fingerprint density at radius 2 is 1.89 bits per heavy atom. The van der Waals surface area contributed by atoms with E-state index in [0.717, 1.165) is 17.9 Å². The van der Waals surface area contributed by atoms with Crippen LogP contribution in [0.3, 0.4) is 0 Å². The van der Waals surface area contributed by atoms with E-state index < -0.39 is 0 Å². The van der Waals surface area contributed by atoms with Crippen LogP contribution in [0.5, 0.6) is 0 Å². The zero-order valence-corrected chi connectivity index (χ0v) is 17.6. The van der Waals surface area contributed by atoms with Crippen molar-refractivity contribution in [1.82, 2.24) is 10.3 Å². The highest BCUT2D eigenvalue weighted by Gasteiger charge is 2.09. The average molecular weight is 424 g/mol. The third-order valence-electron chi connectivity index (χ3n) is 3.63. The summed E-state index contributed by atoms with van der Waals surface area (Å²) >= 11 is 0. The van der Waals surface area contributed by atoms with Crippen molar-refractivity contribution in [1.29, 1.82) is 0 Å². The van der Waals surface area contributed by atoms with Gasteiger partial charge in [-0.25, -0.2) is 0 Å². The van der Waals surface area contributed by atoms with E-state index >= 15 is 0 Å². The maximum Gasteiger partial charge on any atom is 0.216 e. The lowest BCUT2D eigenvalue weighted by Crippen LogP contribution is -2.22. The smallest absolute Gasteiger partial charge is 0.216 e. The van der Waals surface area contributed by atoms with E-state index in [1.807, 2.05) is 0 Å². The molecule has 0 atom stereocenters. The van der Waals surface area contributed by atoms with Crippen LogP contribution in [0.25, 0.3) is 10.4 Å². The van der Waals surface area contributed by atoms with Crippen LogP contribution in [0.4, 0.5) is 0 Å². The molecule has 0 aliphatic carbocycles. The Bertz CT molecular complexity index is 691. The third kappa shape index (κ3) is 11.6. The number of ketones is 2. The predicted octanol–water partition coefficient (Wildman–Crippen LogP) is 4.11. The molecule has 0 bridgehead atoms. The zero-order chi connectivity index (χ0) is 20.6. The number of hydrogen-bond donors (Lipinski definition) is 1. The highest BCUT2D eigenvalue weighted by molar-refractivity contribution is 8.76. The lowest BCUT2D eigenvalue weighted by Gasteiger charge is -2.03. The van der Waals surface area contributed by atoms with Gasteiger partial charge in [0.25, 0.3) is 0 Å². The van der Waals surface area contributed by atoms with Crippen molar-refractivity contribution in [3.8, 4) is 0 Å². The summed E-state index contributed by atoms with van der Waals surface area (Å²) in [6.45, 7) is 2.31. The third-order valence-corrected chi connectivity index (χ3v) is 6.12. The van der Waals surface area contributed by atoms with Crippen molar-refractivity contribution in [2.24, 2.45) is 5.11 Å². The van der Waals surface area contributed by atoms with Crippen LogP contribution in [0.1, 0.15) is 55.1 Å². The quantitative estimate of drug-likeness (QED) is 0.113. The summed E-state index contributed by atoms with van der Waals surface area (Å²) in [6, 6.07) is 3.33. The molecule has 1 amide bonds. The van der Waals surface area contributed by atoms with Crippen LogP contribution in [-0.2, 0) is 16.1 Å². The Kier molecular flexibility index (Phi) is 12.8. The van der Waals surface area contributed by atoms with Gasteiger partial charge in [0.1, 0.15) is 5.78 Å². The second-order valence-electron chi connectivity index (χ2n) is 5.97.